The van der Waals surface area contributed by atoms with Crippen molar-refractivity contribution in [3.05, 3.63) is 0 Å². The average Bonchev–Trinajstić information content (AvgIpc) is 3.14. The smallest absolute Gasteiger partial charge is 0.251 e. The van der Waals surface area contributed by atoms with Crippen LogP contribution in [0.5, 0.6) is 0 Å². The van der Waals surface area contributed by atoms with E-state index in [2.05, 4.69) is 51.3 Å². The minimum Gasteiger partial charge on any atom is -0.377 e. The van der Waals surface area contributed by atoms with Crippen molar-refractivity contribution in [3.8, 4) is 37.0 Å². The van der Waals surface area contributed by atoms with Crippen LogP contribution >= 0.6 is 18.8 Å². The molecule has 0 aliphatic heterocycles. The van der Waals surface area contributed by atoms with Crippen LogP contribution in [0.4, 0.5) is 0 Å². The van der Waals surface area contributed by atoms with Crippen LogP contribution < -0.4 is 21.3 Å². The summed E-state index contributed by atoms with van der Waals surface area (Å²) >= 11 is 3.92. The van der Waals surface area contributed by atoms with Gasteiger partial charge in [0.05, 0.1) is 66.1 Å². The first kappa shape index (κ1) is 51.9. The molecular weight excluding hydrogens is 755 g/mol. The highest BCUT2D eigenvalue weighted by Gasteiger charge is 2.33. The number of amides is 4. The Morgan fingerprint density at radius 2 is 0.909 bits per heavy atom. The summed E-state index contributed by atoms with van der Waals surface area (Å²) in [4.78, 5) is 52.1. The third kappa shape index (κ3) is 35.0. The molecule has 0 bridgehead atoms. The van der Waals surface area contributed by atoms with Crippen LogP contribution in [0.3, 0.4) is 0 Å². The van der Waals surface area contributed by atoms with Crippen molar-refractivity contribution in [3.63, 3.8) is 0 Å². The van der Waals surface area contributed by atoms with E-state index >= 15 is 0 Å². The van der Waals surface area contributed by atoms with E-state index in [0.717, 1.165) is 0 Å². The van der Waals surface area contributed by atoms with Gasteiger partial charge in [0.1, 0.15) is 19.8 Å². The monoisotopic (exact) mass is 816 g/mol. The SMILES string of the molecule is C#CCOCCOCCNC(=O)CCC(CCC(=O)NCCOCCOCC#C)(CCC(=O)NCCOCCOCC#C)NC(=O)CCCCOP(C)(=O)S. The molecule has 0 saturated carbocycles. The van der Waals surface area contributed by atoms with Gasteiger partial charge in [-0.15, -0.1) is 19.3 Å². The fourth-order valence-electron chi connectivity index (χ4n) is 4.71. The Morgan fingerprint density at radius 3 is 1.25 bits per heavy atom. The molecular formula is C37H61N4O12PS. The highest BCUT2D eigenvalue weighted by atomic mass is 32.7. The molecule has 0 saturated heterocycles. The number of ether oxygens (including phenoxy) is 6. The van der Waals surface area contributed by atoms with Gasteiger partial charge in [0.15, 0.2) is 0 Å². The molecule has 0 spiro atoms. The van der Waals surface area contributed by atoms with Gasteiger partial charge in [-0.1, -0.05) is 30.0 Å². The van der Waals surface area contributed by atoms with E-state index in [9.17, 15) is 23.7 Å². The number of unbranched alkanes of at least 4 members (excludes halogenated alkanes) is 1. The second kappa shape index (κ2) is 35.3. The largest absolute Gasteiger partial charge is 0.377 e. The number of hydrogen-bond donors (Lipinski definition) is 5. The zero-order valence-corrected chi connectivity index (χ0v) is 34.0. The van der Waals surface area contributed by atoms with E-state index in [4.69, 9.17) is 52.2 Å². The topological polar surface area (TPSA) is 198 Å². The van der Waals surface area contributed by atoms with E-state index < -0.39 is 12.1 Å². The van der Waals surface area contributed by atoms with E-state index in [-0.39, 0.29) is 134 Å². The zero-order chi connectivity index (χ0) is 40.9. The van der Waals surface area contributed by atoms with E-state index in [0.29, 0.717) is 52.5 Å². The molecule has 0 aliphatic rings. The Balaban J connectivity index is 5.55. The lowest BCUT2D eigenvalue weighted by molar-refractivity contribution is -0.127. The van der Waals surface area contributed by atoms with Gasteiger partial charge in [0.25, 0.3) is 6.57 Å². The summed E-state index contributed by atoms with van der Waals surface area (Å²) in [6, 6.07) is 0. The van der Waals surface area contributed by atoms with Gasteiger partial charge in [0.2, 0.25) is 23.6 Å². The van der Waals surface area contributed by atoms with Gasteiger partial charge >= 0.3 is 0 Å². The Bertz CT molecular complexity index is 1140. The van der Waals surface area contributed by atoms with Crippen molar-refractivity contribution in [2.24, 2.45) is 0 Å². The van der Waals surface area contributed by atoms with Gasteiger partial charge < -0.3 is 54.2 Å². The van der Waals surface area contributed by atoms with Crippen LogP contribution in [0.15, 0.2) is 0 Å². The molecule has 0 fully saturated rings. The Morgan fingerprint density at radius 1 is 0.545 bits per heavy atom. The molecule has 1 unspecified atom stereocenters. The number of nitrogens with one attached hydrogen (secondary N) is 4. The molecule has 4 amide bonds. The molecule has 4 N–H and O–H groups in total. The average molecular weight is 817 g/mol. The summed E-state index contributed by atoms with van der Waals surface area (Å²) < 4.78 is 48.7. The summed E-state index contributed by atoms with van der Waals surface area (Å²) in [7, 11) is 0. The number of hydrogen-bond acceptors (Lipinski definition) is 12. The van der Waals surface area contributed by atoms with E-state index in [1.807, 2.05) is 0 Å². The number of thiol groups is 1. The van der Waals surface area contributed by atoms with Gasteiger partial charge in [0, 0.05) is 57.5 Å². The Labute approximate surface area is 332 Å². The Hall–Kier alpha value is -3.14. The minimum absolute atomic E-state index is 0.00153. The molecule has 312 valence electrons. The number of rotatable bonds is 37. The Kier molecular flexibility index (Phi) is 33.3. The van der Waals surface area contributed by atoms with Crippen LogP contribution in [0.2, 0.25) is 0 Å². The second-order valence-electron chi connectivity index (χ2n) is 12.1. The quantitative estimate of drug-likeness (QED) is 0.0263. The molecule has 0 radical (unpaired) electrons. The maximum Gasteiger partial charge on any atom is 0.251 e. The maximum atomic E-state index is 13.3. The third-order valence-electron chi connectivity index (χ3n) is 7.40. The molecule has 1 atom stereocenters. The van der Waals surface area contributed by atoms with Gasteiger partial charge in [-0.05, 0) is 32.1 Å². The first-order valence-corrected chi connectivity index (χ1v) is 21.5. The second-order valence-corrected chi connectivity index (χ2v) is 16.1. The molecule has 18 heteroatoms. The lowest BCUT2D eigenvalue weighted by Gasteiger charge is -2.35. The van der Waals surface area contributed by atoms with Crippen LogP contribution in [0.1, 0.15) is 57.8 Å². The highest BCUT2D eigenvalue weighted by Crippen LogP contribution is 2.47. The third-order valence-corrected chi connectivity index (χ3v) is 8.41. The van der Waals surface area contributed by atoms with Gasteiger partial charge in [-0.2, -0.15) is 0 Å². The first-order chi connectivity index (χ1) is 26.5. The van der Waals surface area contributed by atoms with Crippen molar-refractivity contribution >= 4 is 42.4 Å². The van der Waals surface area contributed by atoms with E-state index in [1.165, 1.54) is 6.66 Å². The van der Waals surface area contributed by atoms with Crippen LogP contribution in [0.25, 0.3) is 0 Å². The summed E-state index contributed by atoms with van der Waals surface area (Å²) in [6.07, 6.45) is 16.9. The molecule has 0 aliphatic carbocycles. The summed E-state index contributed by atoms with van der Waals surface area (Å²) in [5.41, 5.74) is -1.09. The molecule has 0 aromatic carbocycles. The van der Waals surface area contributed by atoms with Crippen LogP contribution in [-0.4, -0.2) is 141 Å². The van der Waals surface area contributed by atoms with Crippen molar-refractivity contribution in [2.45, 2.75) is 63.3 Å². The lowest BCUT2D eigenvalue weighted by atomic mass is 9.83. The van der Waals surface area contributed by atoms with E-state index in [1.54, 1.807) is 0 Å². The highest BCUT2D eigenvalue weighted by molar-refractivity contribution is 8.46. The summed E-state index contributed by atoms with van der Waals surface area (Å²) in [6.45, 7) is 2.57. The lowest BCUT2D eigenvalue weighted by Crippen LogP contribution is -2.50. The standard InChI is InChI=1S/C37H61N4O12PS/c1-5-20-47-27-30-50-24-17-38-33(42)11-14-37(41-36(45)10-8-9-23-53-54(4,46)55,15-12-34(43)39-18-25-51-31-28-48-21-6-2)16-13-35(44)40-19-26-52-32-29-49-22-7-3/h1-3H,8-32H2,4H3,(H,38,42)(H,39,43)(H,40,44)(H,41,45)(H,46,55). The van der Waals surface area contributed by atoms with Crippen LogP contribution in [0, 0.1) is 37.0 Å². The van der Waals surface area contributed by atoms with Gasteiger partial charge in [-0.3, -0.25) is 23.7 Å². The van der Waals surface area contributed by atoms with Gasteiger partial charge in [-0.25, -0.2) is 0 Å². The fraction of sp³-hybridized carbons (Fsp3) is 0.730. The molecule has 16 nitrogen and oxygen atoms in total. The molecule has 0 heterocycles. The number of carbonyl (C=O) groups is 4. The summed E-state index contributed by atoms with van der Waals surface area (Å²) in [5, 5.41) is 11.4. The molecule has 0 aromatic heterocycles. The van der Waals surface area contributed by atoms with Crippen molar-refractivity contribution < 1.29 is 56.7 Å². The normalized spacial score (nSPS) is 12.1. The molecule has 0 aromatic rings. The minimum atomic E-state index is -2.95. The van der Waals surface area contributed by atoms with Crippen molar-refractivity contribution in [2.75, 3.05) is 112 Å². The number of terminal acetylenes is 3. The molecule has 0 rings (SSSR count). The molecule has 55 heavy (non-hydrogen) atoms. The van der Waals surface area contributed by atoms with Crippen molar-refractivity contribution in [1.29, 1.82) is 0 Å². The van der Waals surface area contributed by atoms with Crippen molar-refractivity contribution in [1.82, 2.24) is 21.3 Å². The van der Waals surface area contributed by atoms with Crippen LogP contribution in [-0.2, 0) is 56.7 Å². The fourth-order valence-corrected chi connectivity index (χ4v) is 5.42. The first-order valence-electron chi connectivity index (χ1n) is 18.3. The predicted molar refractivity (Wildman–Crippen MR) is 211 cm³/mol. The predicted octanol–water partition coefficient (Wildman–Crippen LogP) is 1.47. The zero-order valence-electron chi connectivity index (χ0n) is 32.2. The summed E-state index contributed by atoms with van der Waals surface area (Å²) in [5.74, 6) is 5.89. The number of carbonyl (C=O) groups excluding carboxylic acids is 4. The maximum absolute atomic E-state index is 13.3.